The van der Waals surface area contributed by atoms with Crippen LogP contribution in [0.25, 0.3) is 0 Å². The van der Waals surface area contributed by atoms with E-state index in [4.69, 9.17) is 16.3 Å². The minimum atomic E-state index is -1.29. The molecule has 0 aliphatic rings. The summed E-state index contributed by atoms with van der Waals surface area (Å²) in [6.45, 7) is -0.259. The Bertz CT molecular complexity index is 452. The zero-order valence-corrected chi connectivity index (χ0v) is 12.5. The maximum absolute atomic E-state index is 11.6. The SMILES string of the molecule is CSCC[C@H](NC(=O)COc1ccc(Cl)cc1)C(=O)[O-]. The van der Waals surface area contributed by atoms with E-state index in [-0.39, 0.29) is 6.61 Å². The summed E-state index contributed by atoms with van der Waals surface area (Å²) >= 11 is 7.22. The third-order valence-electron chi connectivity index (χ3n) is 2.41. The topological polar surface area (TPSA) is 78.5 Å². The molecule has 7 heteroatoms. The highest BCUT2D eigenvalue weighted by Gasteiger charge is 2.13. The largest absolute Gasteiger partial charge is 0.548 e. The van der Waals surface area contributed by atoms with Crippen molar-refractivity contribution in [2.45, 2.75) is 12.5 Å². The van der Waals surface area contributed by atoms with Crippen LogP contribution in [-0.4, -0.2) is 36.5 Å². The first-order valence-corrected chi connectivity index (χ1v) is 7.67. The molecule has 20 heavy (non-hydrogen) atoms. The molecule has 0 radical (unpaired) electrons. The molecule has 0 spiro atoms. The monoisotopic (exact) mass is 316 g/mol. The number of benzene rings is 1. The Morgan fingerprint density at radius 1 is 1.40 bits per heavy atom. The molecule has 0 aliphatic carbocycles. The van der Waals surface area contributed by atoms with E-state index < -0.39 is 17.9 Å². The second-order valence-corrected chi connectivity index (χ2v) is 5.39. The smallest absolute Gasteiger partial charge is 0.258 e. The lowest BCUT2D eigenvalue weighted by Gasteiger charge is -2.19. The van der Waals surface area contributed by atoms with E-state index in [1.54, 1.807) is 24.3 Å². The van der Waals surface area contributed by atoms with Gasteiger partial charge in [-0.25, -0.2) is 0 Å². The van der Waals surface area contributed by atoms with E-state index in [2.05, 4.69) is 5.32 Å². The molecule has 0 heterocycles. The van der Waals surface area contributed by atoms with Gasteiger partial charge in [-0.05, 0) is 42.7 Å². The predicted molar refractivity (Wildman–Crippen MR) is 76.9 cm³/mol. The molecule has 0 saturated heterocycles. The highest BCUT2D eigenvalue weighted by molar-refractivity contribution is 7.98. The zero-order valence-electron chi connectivity index (χ0n) is 10.9. The van der Waals surface area contributed by atoms with Gasteiger partial charge in [-0.2, -0.15) is 11.8 Å². The molecule has 1 aromatic carbocycles. The van der Waals surface area contributed by atoms with Gasteiger partial charge in [-0.3, -0.25) is 4.79 Å². The number of carboxylic acids is 1. The minimum absolute atomic E-state index is 0.259. The van der Waals surface area contributed by atoms with Crippen LogP contribution < -0.4 is 15.2 Å². The second-order valence-electron chi connectivity index (χ2n) is 3.96. The molecule has 1 rings (SSSR count). The highest BCUT2D eigenvalue weighted by Crippen LogP contribution is 2.15. The number of aliphatic carboxylic acids is 1. The van der Waals surface area contributed by atoms with E-state index in [1.165, 1.54) is 11.8 Å². The number of carbonyl (C=O) groups excluding carboxylic acids is 2. The van der Waals surface area contributed by atoms with Gasteiger partial charge in [-0.15, -0.1) is 0 Å². The number of hydrogen-bond donors (Lipinski definition) is 1. The van der Waals surface area contributed by atoms with Crippen molar-refractivity contribution in [2.75, 3.05) is 18.6 Å². The Balaban J connectivity index is 2.41. The minimum Gasteiger partial charge on any atom is -0.548 e. The molecule has 1 aromatic rings. The molecule has 0 saturated carbocycles. The summed E-state index contributed by atoms with van der Waals surface area (Å²) in [6.07, 6.45) is 2.17. The standard InChI is InChI=1S/C13H16ClNO4S/c1-20-7-6-11(13(17)18)15-12(16)8-19-10-4-2-9(14)3-5-10/h2-5,11H,6-8H2,1H3,(H,15,16)(H,17,18)/p-1/t11-/m0/s1. The summed E-state index contributed by atoms with van der Waals surface area (Å²) in [5.41, 5.74) is 0. The quantitative estimate of drug-likeness (QED) is 0.764. The van der Waals surface area contributed by atoms with Gasteiger partial charge in [0.2, 0.25) is 0 Å². The van der Waals surface area contributed by atoms with Crippen LogP contribution in [0.5, 0.6) is 5.75 Å². The number of carbonyl (C=O) groups is 2. The zero-order chi connectivity index (χ0) is 15.0. The summed E-state index contributed by atoms with van der Waals surface area (Å²) in [7, 11) is 0. The molecular weight excluding hydrogens is 302 g/mol. The lowest BCUT2D eigenvalue weighted by Crippen LogP contribution is -2.49. The van der Waals surface area contributed by atoms with Crippen LogP contribution in [0.4, 0.5) is 0 Å². The summed E-state index contributed by atoms with van der Waals surface area (Å²) < 4.78 is 5.22. The Kier molecular flexibility index (Phi) is 7.25. The molecule has 1 N–H and O–H groups in total. The van der Waals surface area contributed by atoms with E-state index in [1.807, 2.05) is 6.26 Å². The van der Waals surface area contributed by atoms with Crippen LogP contribution in [-0.2, 0) is 9.59 Å². The van der Waals surface area contributed by atoms with Crippen LogP contribution in [0.1, 0.15) is 6.42 Å². The van der Waals surface area contributed by atoms with Gasteiger partial charge in [0.05, 0.1) is 12.0 Å². The number of thioether (sulfide) groups is 1. The van der Waals surface area contributed by atoms with Crippen LogP contribution in [0.2, 0.25) is 5.02 Å². The second kappa shape index (κ2) is 8.71. The van der Waals surface area contributed by atoms with Crippen molar-refractivity contribution in [2.24, 2.45) is 0 Å². The molecule has 0 fully saturated rings. The van der Waals surface area contributed by atoms with Gasteiger partial charge in [0.1, 0.15) is 5.75 Å². The Labute approximate surface area is 126 Å². The molecule has 5 nitrogen and oxygen atoms in total. The summed E-state index contributed by atoms with van der Waals surface area (Å²) in [6, 6.07) is 5.52. The Morgan fingerprint density at radius 2 is 2.05 bits per heavy atom. The predicted octanol–water partition coefficient (Wildman–Crippen LogP) is 0.707. The molecule has 110 valence electrons. The van der Waals surface area contributed by atoms with Crippen molar-refractivity contribution < 1.29 is 19.4 Å². The summed E-state index contributed by atoms with van der Waals surface area (Å²) in [5, 5.41) is 13.8. The van der Waals surface area contributed by atoms with Crippen LogP contribution in [0.3, 0.4) is 0 Å². The Hall–Kier alpha value is -1.40. The maximum Gasteiger partial charge on any atom is 0.258 e. The van der Waals surface area contributed by atoms with Crippen LogP contribution >= 0.6 is 23.4 Å². The van der Waals surface area contributed by atoms with E-state index in [0.29, 0.717) is 22.9 Å². The number of rotatable bonds is 8. The van der Waals surface area contributed by atoms with Crippen molar-refractivity contribution in [3.63, 3.8) is 0 Å². The maximum atomic E-state index is 11.6. The average Bonchev–Trinajstić information content (AvgIpc) is 2.42. The number of hydrogen-bond acceptors (Lipinski definition) is 5. The van der Waals surface area contributed by atoms with Crippen molar-refractivity contribution in [3.8, 4) is 5.75 Å². The lowest BCUT2D eigenvalue weighted by atomic mass is 10.2. The van der Waals surface area contributed by atoms with Gasteiger partial charge >= 0.3 is 0 Å². The summed E-state index contributed by atoms with van der Waals surface area (Å²) in [4.78, 5) is 22.5. The van der Waals surface area contributed by atoms with Crippen molar-refractivity contribution in [1.82, 2.24) is 5.32 Å². The molecular formula is C13H15ClNO4S-. The first-order valence-electron chi connectivity index (χ1n) is 5.90. The number of nitrogens with one attached hydrogen (secondary N) is 1. The number of ether oxygens (including phenoxy) is 1. The van der Waals surface area contributed by atoms with Crippen LogP contribution in [0.15, 0.2) is 24.3 Å². The van der Waals surface area contributed by atoms with Gasteiger partial charge < -0.3 is 20.0 Å². The summed E-state index contributed by atoms with van der Waals surface area (Å²) in [5.74, 6) is -0.690. The lowest BCUT2D eigenvalue weighted by molar-refractivity contribution is -0.308. The molecule has 0 aliphatic heterocycles. The van der Waals surface area contributed by atoms with E-state index >= 15 is 0 Å². The fourth-order valence-corrected chi connectivity index (χ4v) is 2.00. The molecule has 0 bridgehead atoms. The fraction of sp³-hybridized carbons (Fsp3) is 0.385. The van der Waals surface area contributed by atoms with Gasteiger partial charge in [0.25, 0.3) is 5.91 Å². The van der Waals surface area contributed by atoms with Gasteiger partial charge in [-0.1, -0.05) is 11.6 Å². The third kappa shape index (κ3) is 6.16. The molecule has 1 amide bonds. The average molecular weight is 317 g/mol. The molecule has 0 unspecified atom stereocenters. The fourth-order valence-electron chi connectivity index (χ4n) is 1.40. The highest BCUT2D eigenvalue weighted by atomic mass is 35.5. The third-order valence-corrected chi connectivity index (χ3v) is 3.31. The molecule has 0 aromatic heterocycles. The van der Waals surface area contributed by atoms with Gasteiger partial charge in [0.15, 0.2) is 6.61 Å². The first kappa shape index (κ1) is 16.7. The number of halogens is 1. The number of amides is 1. The van der Waals surface area contributed by atoms with Crippen LogP contribution in [0, 0.1) is 0 Å². The first-order chi connectivity index (χ1) is 9.52. The van der Waals surface area contributed by atoms with E-state index in [0.717, 1.165) is 0 Å². The van der Waals surface area contributed by atoms with Crippen molar-refractivity contribution in [3.05, 3.63) is 29.3 Å². The number of carboxylic acid groups (broad SMARTS) is 1. The Morgan fingerprint density at radius 3 is 2.60 bits per heavy atom. The van der Waals surface area contributed by atoms with Gasteiger partial charge in [0, 0.05) is 5.02 Å². The normalized spacial score (nSPS) is 11.7. The molecule has 1 atom stereocenters. The van der Waals surface area contributed by atoms with E-state index in [9.17, 15) is 14.7 Å². The van der Waals surface area contributed by atoms with Crippen molar-refractivity contribution >= 4 is 35.2 Å². The van der Waals surface area contributed by atoms with Crippen molar-refractivity contribution in [1.29, 1.82) is 0 Å².